The predicted octanol–water partition coefficient (Wildman–Crippen LogP) is 5.00. The van der Waals surface area contributed by atoms with Gasteiger partial charge in [-0.2, -0.15) is 0 Å². The van der Waals surface area contributed by atoms with E-state index in [-0.39, 0.29) is 44.7 Å². The number of ketones is 1. The lowest BCUT2D eigenvalue weighted by atomic mass is 9.81. The van der Waals surface area contributed by atoms with Crippen molar-refractivity contribution in [3.63, 3.8) is 0 Å². The molecule has 4 nitrogen and oxygen atoms in total. The minimum absolute atomic E-state index is 0.126. The Kier molecular flexibility index (Phi) is 5.47. The van der Waals surface area contributed by atoms with Crippen molar-refractivity contribution in [1.82, 2.24) is 0 Å². The van der Waals surface area contributed by atoms with Crippen molar-refractivity contribution in [1.29, 1.82) is 0 Å². The largest absolute Gasteiger partial charge is 0.289 e. The number of hydrogen-bond acceptors (Lipinski definition) is 3. The molecular weight excluding hydrogens is 509 g/mol. The molecule has 0 spiro atoms. The van der Waals surface area contributed by atoms with Gasteiger partial charge in [0.05, 0.1) is 17.5 Å². The van der Waals surface area contributed by atoms with Gasteiger partial charge in [-0.25, -0.2) is 4.90 Å². The van der Waals surface area contributed by atoms with E-state index in [0.29, 0.717) is 29.1 Å². The van der Waals surface area contributed by atoms with Crippen LogP contribution in [0.4, 0.5) is 5.69 Å². The van der Waals surface area contributed by atoms with Crippen molar-refractivity contribution >= 4 is 66.7 Å². The number of amides is 2. The van der Waals surface area contributed by atoms with E-state index in [1.807, 2.05) is 6.07 Å². The highest BCUT2D eigenvalue weighted by Crippen LogP contribution is 2.45. The minimum atomic E-state index is -0.374. The first-order valence-electron chi connectivity index (χ1n) is 8.93. The average molecular weight is 526 g/mol. The summed E-state index contributed by atoms with van der Waals surface area (Å²) in [6.07, 6.45) is 1.16. The number of halogens is 3. The summed E-state index contributed by atoms with van der Waals surface area (Å²) in [4.78, 5) is 40.8. The Morgan fingerprint density at radius 1 is 0.929 bits per heavy atom. The number of hydrogen-bond donors (Lipinski definition) is 0. The SMILES string of the molecule is O=C(c1ccccc1)c1cc(Cl)ccc1N1C(=O)[C@@H]2C[C@@H](Br)[C@@H](Br)C[C@H]2C1=O. The summed E-state index contributed by atoms with van der Waals surface area (Å²) < 4.78 is 0. The summed E-state index contributed by atoms with van der Waals surface area (Å²) in [5.41, 5.74) is 1.04. The number of rotatable bonds is 3. The number of nitrogens with zero attached hydrogens (tertiary/aromatic N) is 1. The summed E-state index contributed by atoms with van der Waals surface area (Å²) in [6.45, 7) is 0. The Morgan fingerprint density at radius 2 is 1.50 bits per heavy atom. The Hall–Kier alpha value is -1.50. The van der Waals surface area contributed by atoms with Crippen LogP contribution in [0.25, 0.3) is 0 Å². The van der Waals surface area contributed by atoms with Gasteiger partial charge in [0, 0.05) is 25.8 Å². The number of anilines is 1. The van der Waals surface area contributed by atoms with Crippen LogP contribution in [0.3, 0.4) is 0 Å². The lowest BCUT2D eigenvalue weighted by Crippen LogP contribution is -2.34. The molecule has 1 saturated carbocycles. The van der Waals surface area contributed by atoms with Crippen LogP contribution in [-0.4, -0.2) is 27.3 Å². The van der Waals surface area contributed by atoms with Gasteiger partial charge in [0.15, 0.2) is 5.78 Å². The van der Waals surface area contributed by atoms with Crippen LogP contribution in [0.2, 0.25) is 5.02 Å². The van der Waals surface area contributed by atoms with Gasteiger partial charge < -0.3 is 0 Å². The van der Waals surface area contributed by atoms with Gasteiger partial charge in [-0.3, -0.25) is 14.4 Å². The first-order valence-corrected chi connectivity index (χ1v) is 11.1. The molecule has 4 rings (SSSR count). The molecule has 0 aromatic heterocycles. The average Bonchev–Trinajstić information content (AvgIpc) is 2.92. The number of fused-ring (bicyclic) bond motifs is 1. The highest BCUT2D eigenvalue weighted by Gasteiger charge is 2.52. The third kappa shape index (κ3) is 3.36. The quantitative estimate of drug-likeness (QED) is 0.322. The molecule has 28 heavy (non-hydrogen) atoms. The van der Waals surface area contributed by atoms with Crippen LogP contribution >= 0.6 is 43.5 Å². The van der Waals surface area contributed by atoms with E-state index >= 15 is 0 Å². The summed E-state index contributed by atoms with van der Waals surface area (Å²) >= 11 is 13.3. The fourth-order valence-corrected chi connectivity index (χ4v) is 5.37. The second-order valence-corrected chi connectivity index (χ2v) is 9.87. The van der Waals surface area contributed by atoms with E-state index in [9.17, 15) is 14.4 Å². The molecule has 0 N–H and O–H groups in total. The van der Waals surface area contributed by atoms with Crippen molar-refractivity contribution in [2.24, 2.45) is 11.8 Å². The molecule has 0 unspecified atom stereocenters. The van der Waals surface area contributed by atoms with Crippen LogP contribution in [0.15, 0.2) is 48.5 Å². The molecule has 7 heteroatoms. The van der Waals surface area contributed by atoms with Crippen molar-refractivity contribution < 1.29 is 14.4 Å². The van der Waals surface area contributed by atoms with Crippen molar-refractivity contribution in [2.45, 2.75) is 22.5 Å². The predicted molar refractivity (Wildman–Crippen MR) is 115 cm³/mol. The molecule has 144 valence electrons. The van der Waals surface area contributed by atoms with E-state index in [2.05, 4.69) is 31.9 Å². The zero-order chi connectivity index (χ0) is 20.0. The number of carbonyl (C=O) groups is 3. The van der Waals surface area contributed by atoms with Crippen LogP contribution in [-0.2, 0) is 9.59 Å². The molecule has 1 saturated heterocycles. The highest BCUT2D eigenvalue weighted by molar-refractivity contribution is 9.12. The van der Waals surface area contributed by atoms with Gasteiger partial charge in [0.2, 0.25) is 11.8 Å². The molecule has 1 heterocycles. The normalized spacial score (nSPS) is 27.0. The minimum Gasteiger partial charge on any atom is -0.289 e. The molecule has 2 aromatic carbocycles. The molecule has 2 amide bonds. The van der Waals surface area contributed by atoms with Crippen molar-refractivity contribution in [3.05, 3.63) is 64.7 Å². The number of alkyl halides is 2. The van der Waals surface area contributed by atoms with Gasteiger partial charge in [0.25, 0.3) is 0 Å². The monoisotopic (exact) mass is 523 g/mol. The highest BCUT2D eigenvalue weighted by atomic mass is 79.9. The standard InChI is InChI=1S/C21H16Br2ClNO3/c22-16-9-13-14(10-17(16)23)21(28)25(20(13)27)18-7-6-12(24)8-15(18)19(26)11-4-2-1-3-5-11/h1-8,13-14,16-17H,9-10H2/t13-,14-,16-,17+/m1/s1. The summed E-state index contributed by atoms with van der Waals surface area (Å²) in [5, 5.41) is 0.376. The Labute approximate surface area is 184 Å². The first-order chi connectivity index (χ1) is 13.4. The van der Waals surface area contributed by atoms with E-state index in [4.69, 9.17) is 11.6 Å². The fourth-order valence-electron chi connectivity index (χ4n) is 3.96. The molecule has 0 bridgehead atoms. The zero-order valence-electron chi connectivity index (χ0n) is 14.6. The summed E-state index contributed by atoms with van der Waals surface area (Å²) in [7, 11) is 0. The molecule has 2 fully saturated rings. The molecule has 1 aliphatic heterocycles. The second-order valence-electron chi connectivity index (χ2n) is 7.08. The maximum absolute atomic E-state index is 13.1. The third-order valence-corrected chi connectivity index (χ3v) is 8.36. The molecule has 4 atom stereocenters. The van der Waals surface area contributed by atoms with Crippen molar-refractivity contribution in [3.8, 4) is 0 Å². The molecule has 2 aliphatic rings. The van der Waals surface area contributed by atoms with Gasteiger partial charge in [-0.1, -0.05) is 73.8 Å². The van der Waals surface area contributed by atoms with E-state index in [1.165, 1.54) is 11.0 Å². The van der Waals surface area contributed by atoms with Gasteiger partial charge in [0.1, 0.15) is 0 Å². The number of imide groups is 1. The lowest BCUT2D eigenvalue weighted by molar-refractivity contribution is -0.122. The Balaban J connectivity index is 1.77. The van der Waals surface area contributed by atoms with E-state index in [1.54, 1.807) is 36.4 Å². The van der Waals surface area contributed by atoms with Gasteiger partial charge in [-0.15, -0.1) is 0 Å². The molecule has 0 radical (unpaired) electrons. The van der Waals surface area contributed by atoms with Crippen LogP contribution in [0.1, 0.15) is 28.8 Å². The second kappa shape index (κ2) is 7.73. The molecule has 1 aliphatic carbocycles. The van der Waals surface area contributed by atoms with Crippen LogP contribution in [0.5, 0.6) is 0 Å². The van der Waals surface area contributed by atoms with E-state index in [0.717, 1.165) is 0 Å². The van der Waals surface area contributed by atoms with Crippen LogP contribution < -0.4 is 4.90 Å². The third-order valence-electron chi connectivity index (χ3n) is 5.39. The summed E-state index contributed by atoms with van der Waals surface area (Å²) in [5.74, 6) is -1.51. The van der Waals surface area contributed by atoms with Gasteiger partial charge in [-0.05, 0) is 31.0 Å². The summed E-state index contributed by atoms with van der Waals surface area (Å²) in [6, 6.07) is 13.5. The van der Waals surface area contributed by atoms with Crippen LogP contribution in [0, 0.1) is 11.8 Å². The molecular formula is C21H16Br2ClNO3. The lowest BCUT2D eigenvalue weighted by Gasteiger charge is -2.29. The maximum Gasteiger partial charge on any atom is 0.237 e. The zero-order valence-corrected chi connectivity index (χ0v) is 18.6. The number of benzene rings is 2. The van der Waals surface area contributed by atoms with Crippen molar-refractivity contribution in [2.75, 3.05) is 4.90 Å². The van der Waals surface area contributed by atoms with E-state index < -0.39 is 0 Å². The topological polar surface area (TPSA) is 54.5 Å². The van der Waals surface area contributed by atoms with Gasteiger partial charge >= 0.3 is 0 Å². The fraction of sp³-hybridized carbons (Fsp3) is 0.286. The maximum atomic E-state index is 13.1. The molecule has 2 aromatic rings. The Morgan fingerprint density at radius 3 is 2.07 bits per heavy atom. The number of carbonyl (C=O) groups excluding carboxylic acids is 3. The Bertz CT molecular complexity index is 937. The first kappa shape index (κ1) is 19.8. The smallest absolute Gasteiger partial charge is 0.237 e.